The summed E-state index contributed by atoms with van der Waals surface area (Å²) in [6.07, 6.45) is 1.04. The molecule has 1 saturated heterocycles. The summed E-state index contributed by atoms with van der Waals surface area (Å²) in [5.74, 6) is 0.204. The first-order chi connectivity index (χ1) is 21.7. The monoisotopic (exact) mass is 672 g/mol. The lowest BCUT2D eigenvalue weighted by Crippen LogP contribution is -2.31. The zero-order chi connectivity index (χ0) is 33.4. The van der Waals surface area contributed by atoms with Gasteiger partial charge in [0.05, 0.1) is 28.1 Å². The van der Waals surface area contributed by atoms with Crippen LogP contribution in [-0.4, -0.2) is 58.7 Å². The Balaban J connectivity index is 1.32. The number of halogens is 3. The number of ether oxygens (including phenoxy) is 1. The summed E-state index contributed by atoms with van der Waals surface area (Å²) in [7, 11) is -3.89. The van der Waals surface area contributed by atoms with Gasteiger partial charge in [0.2, 0.25) is 5.91 Å². The lowest BCUT2D eigenvalue weighted by molar-refractivity contribution is -0.115. The molecule has 11 nitrogen and oxygen atoms in total. The maximum Gasteiger partial charge on any atom is 0.501 e. The number of hydrogen-bond acceptors (Lipinski definition) is 8. The van der Waals surface area contributed by atoms with Crippen molar-refractivity contribution in [2.45, 2.75) is 37.3 Å². The fraction of sp³-hybridized carbons (Fsp3) is 0.233. The van der Waals surface area contributed by atoms with E-state index in [1.807, 2.05) is 32.0 Å². The second-order valence-electron chi connectivity index (χ2n) is 10.3. The molecule has 3 amide bonds. The molecule has 0 bridgehead atoms. The normalized spacial score (nSPS) is 15.4. The Morgan fingerprint density at radius 2 is 1.80 bits per heavy atom. The van der Waals surface area contributed by atoms with Crippen molar-refractivity contribution in [1.82, 2.24) is 14.8 Å². The number of sulfone groups is 1. The molecule has 3 aromatic carbocycles. The highest BCUT2D eigenvalue weighted by Gasteiger charge is 2.46. The fourth-order valence-corrected chi connectivity index (χ4v) is 6.22. The number of benzene rings is 3. The zero-order valence-corrected chi connectivity index (χ0v) is 26.5. The number of anilines is 2. The van der Waals surface area contributed by atoms with Crippen LogP contribution >= 0.6 is 11.8 Å². The van der Waals surface area contributed by atoms with Crippen molar-refractivity contribution in [2.24, 2.45) is 4.99 Å². The van der Waals surface area contributed by atoms with Gasteiger partial charge in [-0.25, -0.2) is 22.9 Å². The van der Waals surface area contributed by atoms with Crippen molar-refractivity contribution in [3.8, 4) is 17.1 Å². The van der Waals surface area contributed by atoms with Gasteiger partial charge in [-0.3, -0.25) is 9.69 Å². The molecule has 1 atom stereocenters. The van der Waals surface area contributed by atoms with Gasteiger partial charge in [-0.2, -0.15) is 18.2 Å². The van der Waals surface area contributed by atoms with E-state index in [1.54, 1.807) is 32.2 Å². The Morgan fingerprint density at radius 1 is 1.09 bits per heavy atom. The smallest absolute Gasteiger partial charge is 0.377 e. The number of aromatic nitrogens is 3. The van der Waals surface area contributed by atoms with Gasteiger partial charge in [-0.05, 0) is 80.4 Å². The lowest BCUT2D eigenvalue weighted by atomic mass is 10.0. The minimum atomic E-state index is -5.47. The zero-order valence-electron chi connectivity index (χ0n) is 24.9. The number of urea groups is 1. The van der Waals surface area contributed by atoms with E-state index in [1.165, 1.54) is 28.0 Å². The number of aryl methyl sites for hydroxylation is 2. The van der Waals surface area contributed by atoms with E-state index in [0.29, 0.717) is 28.2 Å². The number of alkyl halides is 3. The number of carbonyl (C=O) groups is 2. The number of nitrogens with zero attached hydrogens (tertiary/aromatic N) is 5. The molecule has 46 heavy (non-hydrogen) atoms. The van der Waals surface area contributed by atoms with Crippen molar-refractivity contribution in [2.75, 3.05) is 23.1 Å². The summed E-state index contributed by atoms with van der Waals surface area (Å²) >= 11 is 1.16. The second-order valence-corrected chi connectivity index (χ2v) is 13.2. The summed E-state index contributed by atoms with van der Waals surface area (Å²) in [4.78, 5) is 34.9. The Labute approximate surface area is 266 Å². The van der Waals surface area contributed by atoms with Crippen LogP contribution in [0.5, 0.6) is 0 Å². The van der Waals surface area contributed by atoms with Crippen LogP contribution in [0.4, 0.5) is 29.3 Å². The van der Waals surface area contributed by atoms with E-state index in [2.05, 4.69) is 20.4 Å². The Morgan fingerprint density at radius 3 is 2.46 bits per heavy atom. The number of nitrogens with one attached hydrogen (secondary N) is 1. The largest absolute Gasteiger partial charge is 0.501 e. The van der Waals surface area contributed by atoms with Crippen LogP contribution in [0.15, 0.2) is 76.9 Å². The average molecular weight is 673 g/mol. The molecular weight excluding hydrogens is 645 g/mol. The van der Waals surface area contributed by atoms with Crippen molar-refractivity contribution < 1.29 is 35.9 Å². The van der Waals surface area contributed by atoms with Crippen molar-refractivity contribution in [3.05, 3.63) is 83.7 Å². The number of hydrogen-bond donors (Lipinski definition) is 1. The van der Waals surface area contributed by atoms with E-state index >= 15 is 0 Å². The third-order valence-corrected chi connectivity index (χ3v) is 9.54. The molecule has 1 fully saturated rings. The van der Waals surface area contributed by atoms with Crippen LogP contribution in [0.25, 0.3) is 17.1 Å². The molecule has 1 unspecified atom stereocenters. The molecule has 0 aliphatic carbocycles. The molecule has 0 saturated carbocycles. The SMILES string of the molecule is COC(C)c1ccc(C)cc1N1C(=O)CSC1=NC(=O)Nc1ccc(-c2ncn(-c3ccc(S(=O)(=O)C(F)(F)F)cc3)n2)cc1C. The summed E-state index contributed by atoms with van der Waals surface area (Å²) < 4.78 is 68.6. The van der Waals surface area contributed by atoms with Crippen LogP contribution < -0.4 is 10.2 Å². The average Bonchev–Trinajstić information content (AvgIpc) is 3.64. The quantitative estimate of drug-likeness (QED) is 0.245. The summed E-state index contributed by atoms with van der Waals surface area (Å²) in [6, 6.07) is 14.1. The molecule has 2 heterocycles. The highest BCUT2D eigenvalue weighted by molar-refractivity contribution is 8.15. The second kappa shape index (κ2) is 12.7. The number of thioether (sulfide) groups is 1. The molecule has 1 aliphatic rings. The molecule has 16 heteroatoms. The van der Waals surface area contributed by atoms with Crippen LogP contribution in [0.3, 0.4) is 0 Å². The van der Waals surface area contributed by atoms with Gasteiger partial charge < -0.3 is 10.1 Å². The lowest BCUT2D eigenvalue weighted by Gasteiger charge is -2.23. The highest BCUT2D eigenvalue weighted by Crippen LogP contribution is 2.35. The van der Waals surface area contributed by atoms with Gasteiger partial charge in [0.15, 0.2) is 11.0 Å². The van der Waals surface area contributed by atoms with Crippen LogP contribution in [0.2, 0.25) is 0 Å². The third-order valence-electron chi connectivity index (χ3n) is 7.12. The summed E-state index contributed by atoms with van der Waals surface area (Å²) in [5.41, 5.74) is -1.09. The van der Waals surface area contributed by atoms with Gasteiger partial charge in [-0.1, -0.05) is 23.9 Å². The first-order valence-corrected chi connectivity index (χ1v) is 16.1. The number of carbonyl (C=O) groups excluding carboxylic acids is 2. The van der Waals surface area contributed by atoms with Gasteiger partial charge in [0.1, 0.15) is 6.33 Å². The first-order valence-electron chi connectivity index (χ1n) is 13.6. The molecule has 0 spiro atoms. The number of aliphatic imine (C=N–C) groups is 1. The number of amidine groups is 1. The number of methoxy groups -OCH3 is 1. The Hall–Kier alpha value is -4.54. The first kappa shape index (κ1) is 32.8. The van der Waals surface area contributed by atoms with Gasteiger partial charge in [0, 0.05) is 23.9 Å². The fourth-order valence-electron chi connectivity index (χ4n) is 4.60. The van der Waals surface area contributed by atoms with Crippen LogP contribution in [-0.2, 0) is 19.4 Å². The van der Waals surface area contributed by atoms with E-state index in [4.69, 9.17) is 4.74 Å². The predicted octanol–water partition coefficient (Wildman–Crippen LogP) is 6.22. The Kier molecular flexibility index (Phi) is 9.06. The Bertz CT molecular complexity index is 1960. The van der Waals surface area contributed by atoms with E-state index in [0.717, 1.165) is 35.0 Å². The summed E-state index contributed by atoms with van der Waals surface area (Å²) in [5, 5.41) is 7.33. The molecule has 1 aromatic heterocycles. The highest BCUT2D eigenvalue weighted by atomic mass is 32.2. The van der Waals surface area contributed by atoms with Crippen molar-refractivity contribution in [1.29, 1.82) is 0 Å². The number of rotatable bonds is 7. The maximum atomic E-state index is 13.0. The minimum absolute atomic E-state index is 0.130. The summed E-state index contributed by atoms with van der Waals surface area (Å²) in [6.45, 7) is 5.53. The topological polar surface area (TPSA) is 136 Å². The molecule has 0 radical (unpaired) electrons. The molecule has 1 N–H and O–H groups in total. The van der Waals surface area contributed by atoms with E-state index in [9.17, 15) is 31.2 Å². The molecule has 240 valence electrons. The van der Waals surface area contributed by atoms with Gasteiger partial charge >= 0.3 is 11.5 Å². The molecule has 4 aromatic rings. The van der Waals surface area contributed by atoms with Crippen molar-refractivity contribution >= 4 is 50.1 Å². The maximum absolute atomic E-state index is 13.0. The number of amides is 3. The third kappa shape index (κ3) is 6.54. The van der Waals surface area contributed by atoms with Crippen molar-refractivity contribution in [3.63, 3.8) is 0 Å². The molecular formula is C30H27F3N6O5S2. The predicted molar refractivity (Wildman–Crippen MR) is 168 cm³/mol. The van der Waals surface area contributed by atoms with Crippen LogP contribution in [0, 0.1) is 13.8 Å². The van der Waals surface area contributed by atoms with Gasteiger partial charge in [-0.15, -0.1) is 5.10 Å². The minimum Gasteiger partial charge on any atom is -0.377 e. The van der Waals surface area contributed by atoms with E-state index in [-0.39, 0.29) is 28.8 Å². The van der Waals surface area contributed by atoms with Gasteiger partial charge in [0.25, 0.3) is 9.84 Å². The van der Waals surface area contributed by atoms with Crippen LogP contribution in [0.1, 0.15) is 29.7 Å². The van der Waals surface area contributed by atoms with E-state index < -0.39 is 26.3 Å². The molecule has 1 aliphatic heterocycles. The standard InChI is InChI=1S/C30H27F3N6O5S2/c1-17-5-11-23(19(3)44-4)25(13-17)39-26(40)15-45-29(39)36-28(41)35-24-12-6-20(14-18(24)2)27-34-16-38(37-27)21-7-9-22(10-8-21)46(42,43)30(31,32)33/h5-14,16,19H,15H2,1-4H3,(H,35,41). The molecule has 5 rings (SSSR count).